The van der Waals surface area contributed by atoms with E-state index in [9.17, 15) is 4.79 Å². The molecule has 0 saturated heterocycles. The number of nitrogens with zero attached hydrogens (tertiary/aromatic N) is 2. The van der Waals surface area contributed by atoms with Gasteiger partial charge in [0.05, 0.1) is 12.6 Å². The Morgan fingerprint density at radius 1 is 1.30 bits per heavy atom. The molecule has 1 aromatic carbocycles. The van der Waals surface area contributed by atoms with Gasteiger partial charge in [0.25, 0.3) is 0 Å². The number of amides is 1. The van der Waals surface area contributed by atoms with Crippen LogP contribution in [0.2, 0.25) is 0 Å². The van der Waals surface area contributed by atoms with Crippen LogP contribution in [0.5, 0.6) is 0 Å². The third kappa shape index (κ3) is 3.04. The molecule has 110 valence electrons. The molecule has 0 bridgehead atoms. The van der Waals surface area contributed by atoms with Gasteiger partial charge in [0, 0.05) is 7.05 Å². The molecule has 0 N–H and O–H groups in total. The molecule has 2 rings (SSSR count). The number of aryl methyl sites for hydroxylation is 1. The summed E-state index contributed by atoms with van der Waals surface area (Å²) in [6, 6.07) is 7.02. The van der Waals surface area contributed by atoms with Crippen molar-refractivity contribution in [3.8, 4) is 0 Å². The van der Waals surface area contributed by atoms with E-state index in [4.69, 9.17) is 0 Å². The predicted octanol–water partition coefficient (Wildman–Crippen LogP) is 2.82. The zero-order valence-electron chi connectivity index (χ0n) is 13.3. The van der Waals surface area contributed by atoms with Gasteiger partial charge in [0.15, 0.2) is 0 Å². The van der Waals surface area contributed by atoms with Gasteiger partial charge in [-0.3, -0.25) is 4.79 Å². The predicted molar refractivity (Wildman–Crippen MR) is 82.9 cm³/mol. The standard InChI is InChI=1S/C17H26N2O/c1-12(2)14-7-6-13-8-9-16(15(13)10-14)19(5)17(20)11-18(3)4/h6-7,10,12,16H,8-9,11H2,1-5H3. The molecule has 3 heteroatoms. The van der Waals surface area contributed by atoms with E-state index < -0.39 is 0 Å². The quantitative estimate of drug-likeness (QED) is 0.843. The summed E-state index contributed by atoms with van der Waals surface area (Å²) < 4.78 is 0. The fraction of sp³-hybridized carbons (Fsp3) is 0.588. The van der Waals surface area contributed by atoms with Gasteiger partial charge in [-0.2, -0.15) is 0 Å². The molecule has 0 radical (unpaired) electrons. The summed E-state index contributed by atoms with van der Waals surface area (Å²) in [5, 5.41) is 0. The highest BCUT2D eigenvalue weighted by Crippen LogP contribution is 2.36. The van der Waals surface area contributed by atoms with Gasteiger partial charge in [0.2, 0.25) is 5.91 Å². The first-order valence-corrected chi connectivity index (χ1v) is 7.43. The summed E-state index contributed by atoms with van der Waals surface area (Å²) in [5.74, 6) is 0.729. The first-order valence-electron chi connectivity index (χ1n) is 7.43. The molecular formula is C17H26N2O. The van der Waals surface area contributed by atoms with Gasteiger partial charge in [0.1, 0.15) is 0 Å². The van der Waals surface area contributed by atoms with Crippen molar-refractivity contribution in [1.82, 2.24) is 9.80 Å². The van der Waals surface area contributed by atoms with E-state index in [-0.39, 0.29) is 11.9 Å². The smallest absolute Gasteiger partial charge is 0.236 e. The third-order valence-electron chi connectivity index (χ3n) is 4.20. The number of carbonyl (C=O) groups is 1. The Balaban J connectivity index is 2.22. The van der Waals surface area contributed by atoms with Crippen LogP contribution in [0.25, 0.3) is 0 Å². The molecule has 1 atom stereocenters. The lowest BCUT2D eigenvalue weighted by atomic mass is 9.97. The monoisotopic (exact) mass is 274 g/mol. The topological polar surface area (TPSA) is 23.6 Å². The van der Waals surface area contributed by atoms with Crippen molar-refractivity contribution >= 4 is 5.91 Å². The molecule has 0 fully saturated rings. The lowest BCUT2D eigenvalue weighted by molar-refractivity contribution is -0.132. The molecule has 0 heterocycles. The number of hydrogen-bond donors (Lipinski definition) is 0. The van der Waals surface area contributed by atoms with Crippen molar-refractivity contribution < 1.29 is 4.79 Å². The Morgan fingerprint density at radius 2 is 2.00 bits per heavy atom. The van der Waals surface area contributed by atoms with E-state index in [1.54, 1.807) is 0 Å². The van der Waals surface area contributed by atoms with Gasteiger partial charge >= 0.3 is 0 Å². The highest BCUT2D eigenvalue weighted by molar-refractivity contribution is 5.78. The van der Waals surface area contributed by atoms with E-state index in [1.165, 1.54) is 16.7 Å². The Labute approximate surface area is 122 Å². The van der Waals surface area contributed by atoms with Crippen LogP contribution in [0.3, 0.4) is 0 Å². The molecule has 0 saturated carbocycles. The van der Waals surface area contributed by atoms with E-state index in [1.807, 2.05) is 30.9 Å². The van der Waals surface area contributed by atoms with E-state index in [0.29, 0.717) is 12.5 Å². The normalized spacial score (nSPS) is 17.6. The van der Waals surface area contributed by atoms with Crippen molar-refractivity contribution in [2.45, 2.75) is 38.6 Å². The molecule has 1 aliphatic rings. The second kappa shape index (κ2) is 5.96. The van der Waals surface area contributed by atoms with Gasteiger partial charge in [-0.15, -0.1) is 0 Å². The number of hydrogen-bond acceptors (Lipinski definition) is 2. The van der Waals surface area contributed by atoms with Crippen LogP contribution >= 0.6 is 0 Å². The maximum Gasteiger partial charge on any atom is 0.236 e. The molecule has 0 aromatic heterocycles. The van der Waals surface area contributed by atoms with Crippen LogP contribution in [-0.2, 0) is 11.2 Å². The van der Waals surface area contributed by atoms with Crippen molar-refractivity contribution in [3.05, 3.63) is 34.9 Å². The Morgan fingerprint density at radius 3 is 2.60 bits per heavy atom. The van der Waals surface area contributed by atoms with Gasteiger partial charge in [-0.1, -0.05) is 32.0 Å². The molecule has 20 heavy (non-hydrogen) atoms. The first-order chi connectivity index (χ1) is 9.40. The molecule has 1 aliphatic carbocycles. The summed E-state index contributed by atoms with van der Waals surface area (Å²) in [6.07, 6.45) is 2.13. The summed E-state index contributed by atoms with van der Waals surface area (Å²) >= 11 is 0. The molecule has 1 aromatic rings. The zero-order valence-corrected chi connectivity index (χ0v) is 13.3. The summed E-state index contributed by atoms with van der Waals surface area (Å²) in [6.45, 7) is 4.91. The first kappa shape index (κ1) is 15.0. The number of fused-ring (bicyclic) bond motifs is 1. The Kier molecular flexibility index (Phi) is 4.48. The van der Waals surface area contributed by atoms with Crippen molar-refractivity contribution in [2.24, 2.45) is 0 Å². The molecule has 1 unspecified atom stereocenters. The lowest BCUT2D eigenvalue weighted by Gasteiger charge is -2.27. The van der Waals surface area contributed by atoms with Crippen molar-refractivity contribution in [2.75, 3.05) is 27.7 Å². The SMILES string of the molecule is CC(C)c1ccc2c(c1)C(N(C)C(=O)CN(C)C)CC2. The maximum absolute atomic E-state index is 12.3. The molecule has 3 nitrogen and oxygen atoms in total. The summed E-state index contributed by atoms with van der Waals surface area (Å²) in [4.78, 5) is 16.1. The van der Waals surface area contributed by atoms with Crippen LogP contribution in [0.1, 0.15) is 48.9 Å². The van der Waals surface area contributed by atoms with E-state index in [2.05, 4.69) is 32.0 Å². The average molecular weight is 274 g/mol. The van der Waals surface area contributed by atoms with Crippen LogP contribution < -0.4 is 0 Å². The van der Waals surface area contributed by atoms with E-state index >= 15 is 0 Å². The second-order valence-electron chi connectivity index (χ2n) is 6.41. The van der Waals surface area contributed by atoms with Crippen LogP contribution in [0, 0.1) is 0 Å². The largest absolute Gasteiger partial charge is 0.338 e. The highest BCUT2D eigenvalue weighted by atomic mass is 16.2. The molecule has 0 aliphatic heterocycles. The fourth-order valence-corrected chi connectivity index (χ4v) is 2.92. The van der Waals surface area contributed by atoms with E-state index in [0.717, 1.165) is 12.8 Å². The average Bonchev–Trinajstić information content (AvgIpc) is 2.79. The van der Waals surface area contributed by atoms with Crippen molar-refractivity contribution in [3.63, 3.8) is 0 Å². The van der Waals surface area contributed by atoms with Gasteiger partial charge < -0.3 is 9.80 Å². The van der Waals surface area contributed by atoms with Crippen LogP contribution in [-0.4, -0.2) is 43.4 Å². The highest BCUT2D eigenvalue weighted by Gasteiger charge is 2.29. The maximum atomic E-state index is 12.3. The third-order valence-corrected chi connectivity index (χ3v) is 4.20. The minimum atomic E-state index is 0.197. The van der Waals surface area contributed by atoms with Crippen LogP contribution in [0.15, 0.2) is 18.2 Å². The summed E-state index contributed by atoms with van der Waals surface area (Å²) in [7, 11) is 5.81. The minimum Gasteiger partial charge on any atom is -0.338 e. The summed E-state index contributed by atoms with van der Waals surface area (Å²) in [5.41, 5.74) is 4.12. The number of carbonyl (C=O) groups excluding carboxylic acids is 1. The number of benzene rings is 1. The van der Waals surface area contributed by atoms with Crippen LogP contribution in [0.4, 0.5) is 0 Å². The zero-order chi connectivity index (χ0) is 14.9. The Bertz CT molecular complexity index is 494. The fourth-order valence-electron chi connectivity index (χ4n) is 2.92. The molecule has 0 spiro atoms. The number of likely N-dealkylation sites (N-methyl/N-ethyl adjacent to an activating group) is 2. The second-order valence-corrected chi connectivity index (χ2v) is 6.41. The minimum absolute atomic E-state index is 0.197. The lowest BCUT2D eigenvalue weighted by Crippen LogP contribution is -2.37. The van der Waals surface area contributed by atoms with Gasteiger partial charge in [-0.05, 0) is 49.5 Å². The molecule has 1 amide bonds. The molecular weight excluding hydrogens is 248 g/mol. The van der Waals surface area contributed by atoms with Crippen molar-refractivity contribution in [1.29, 1.82) is 0 Å². The Hall–Kier alpha value is -1.35. The van der Waals surface area contributed by atoms with Gasteiger partial charge in [-0.25, -0.2) is 0 Å². The number of rotatable bonds is 4.